The Balaban J connectivity index is 1.83. The Bertz CT molecular complexity index is 936. The molecule has 1 aliphatic rings. The third-order valence-corrected chi connectivity index (χ3v) is 6.91. The summed E-state index contributed by atoms with van der Waals surface area (Å²) in [6.07, 6.45) is 2.30. The van der Waals surface area contributed by atoms with E-state index in [1.54, 1.807) is 12.3 Å². The summed E-state index contributed by atoms with van der Waals surface area (Å²) in [6.45, 7) is 3.96. The average Bonchev–Trinajstić information content (AvgIpc) is 3.02. The number of sulfone groups is 1. The number of rotatable bonds is 4. The minimum atomic E-state index is -2.91. The second-order valence-corrected chi connectivity index (χ2v) is 9.24. The molecule has 2 aromatic rings. The van der Waals surface area contributed by atoms with Gasteiger partial charge in [-0.2, -0.15) is 5.10 Å². The van der Waals surface area contributed by atoms with Gasteiger partial charge in [0.15, 0.2) is 9.84 Å². The van der Waals surface area contributed by atoms with Crippen molar-refractivity contribution in [1.29, 1.82) is 0 Å². The summed E-state index contributed by atoms with van der Waals surface area (Å²) in [5.74, 6) is 0.365. The molecule has 0 radical (unpaired) electrons. The zero-order valence-electron chi connectivity index (χ0n) is 14.0. The molecule has 0 amide bonds. The Morgan fingerprint density at radius 2 is 2.08 bits per heavy atom. The summed E-state index contributed by atoms with van der Waals surface area (Å²) < 4.78 is 25.0. The van der Waals surface area contributed by atoms with Crippen molar-refractivity contribution in [2.75, 3.05) is 11.5 Å². The minimum absolute atomic E-state index is 0.118. The normalized spacial score (nSPS) is 19.6. The lowest BCUT2D eigenvalue weighted by Gasteiger charge is -2.12. The van der Waals surface area contributed by atoms with Crippen LogP contribution < -0.4 is 5.43 Å². The van der Waals surface area contributed by atoms with Gasteiger partial charge in [0.05, 0.1) is 39.5 Å². The van der Waals surface area contributed by atoms with E-state index >= 15 is 0 Å². The van der Waals surface area contributed by atoms with Crippen LogP contribution >= 0.6 is 23.2 Å². The van der Waals surface area contributed by atoms with Crippen molar-refractivity contribution in [2.24, 2.45) is 5.10 Å². The van der Waals surface area contributed by atoms with Crippen molar-refractivity contribution in [2.45, 2.75) is 26.3 Å². The zero-order chi connectivity index (χ0) is 18.2. The maximum atomic E-state index is 11.5. The number of halogens is 2. The quantitative estimate of drug-likeness (QED) is 0.631. The van der Waals surface area contributed by atoms with Crippen LogP contribution in [-0.2, 0) is 9.84 Å². The Hall–Kier alpha value is -1.50. The van der Waals surface area contributed by atoms with Crippen LogP contribution in [-0.4, -0.2) is 36.7 Å². The predicted octanol–water partition coefficient (Wildman–Crippen LogP) is 3.51. The molecule has 0 saturated carbocycles. The third kappa shape index (κ3) is 3.86. The van der Waals surface area contributed by atoms with Crippen LogP contribution in [0.1, 0.15) is 23.4 Å². The van der Waals surface area contributed by atoms with Gasteiger partial charge in [-0.25, -0.2) is 8.42 Å². The topological polar surface area (TPSA) is 63.5 Å². The summed E-state index contributed by atoms with van der Waals surface area (Å²) in [5.41, 5.74) is 6.67. The smallest absolute Gasteiger partial charge is 0.152 e. The Kier molecular flexibility index (Phi) is 5.14. The molecule has 1 atom stereocenters. The molecule has 1 fully saturated rings. The van der Waals surface area contributed by atoms with Crippen LogP contribution in [0, 0.1) is 13.8 Å². The number of aromatic nitrogens is 1. The fourth-order valence-corrected chi connectivity index (χ4v) is 5.11. The Morgan fingerprint density at radius 1 is 1.32 bits per heavy atom. The molecule has 1 saturated heterocycles. The van der Waals surface area contributed by atoms with E-state index in [1.807, 2.05) is 36.6 Å². The van der Waals surface area contributed by atoms with E-state index in [0.717, 1.165) is 22.6 Å². The van der Waals surface area contributed by atoms with Crippen molar-refractivity contribution < 1.29 is 8.42 Å². The highest BCUT2D eigenvalue weighted by Gasteiger charge is 2.27. The molecule has 134 valence electrons. The molecule has 5 nitrogen and oxygen atoms in total. The van der Waals surface area contributed by atoms with Gasteiger partial charge in [-0.3, -0.25) is 0 Å². The van der Waals surface area contributed by atoms with E-state index < -0.39 is 9.84 Å². The van der Waals surface area contributed by atoms with Crippen molar-refractivity contribution in [3.63, 3.8) is 0 Å². The van der Waals surface area contributed by atoms with E-state index in [-0.39, 0.29) is 17.5 Å². The van der Waals surface area contributed by atoms with E-state index in [0.29, 0.717) is 16.5 Å². The molecule has 8 heteroatoms. The van der Waals surface area contributed by atoms with Gasteiger partial charge >= 0.3 is 0 Å². The minimum Gasteiger partial charge on any atom is -0.316 e. The van der Waals surface area contributed by atoms with Gasteiger partial charge in [0, 0.05) is 17.0 Å². The first-order valence-corrected chi connectivity index (χ1v) is 10.5. The monoisotopic (exact) mass is 399 g/mol. The number of benzene rings is 1. The summed E-state index contributed by atoms with van der Waals surface area (Å²) in [6, 6.07) is 7.41. The van der Waals surface area contributed by atoms with E-state index in [9.17, 15) is 8.42 Å². The van der Waals surface area contributed by atoms with Gasteiger partial charge in [-0.1, -0.05) is 29.3 Å². The maximum absolute atomic E-state index is 11.5. The first-order chi connectivity index (χ1) is 11.8. The fourth-order valence-electron chi connectivity index (χ4n) is 3.06. The number of aryl methyl sites for hydroxylation is 1. The van der Waals surface area contributed by atoms with E-state index in [1.165, 1.54) is 0 Å². The largest absolute Gasteiger partial charge is 0.316 e. The first kappa shape index (κ1) is 18.3. The highest BCUT2D eigenvalue weighted by molar-refractivity contribution is 7.91. The molecule has 1 aliphatic heterocycles. The molecule has 0 unspecified atom stereocenters. The van der Waals surface area contributed by atoms with Crippen LogP contribution in [0.3, 0.4) is 0 Å². The van der Waals surface area contributed by atoms with Crippen LogP contribution in [0.5, 0.6) is 0 Å². The second-order valence-electron chi connectivity index (χ2n) is 6.22. The predicted molar refractivity (Wildman–Crippen MR) is 103 cm³/mol. The molecular weight excluding hydrogens is 381 g/mol. The average molecular weight is 400 g/mol. The van der Waals surface area contributed by atoms with Crippen molar-refractivity contribution in [1.82, 2.24) is 9.99 Å². The fraction of sp³-hybridized carbons (Fsp3) is 0.353. The molecule has 0 spiro atoms. The van der Waals surface area contributed by atoms with Crippen molar-refractivity contribution >= 4 is 39.3 Å². The molecule has 1 aromatic heterocycles. The second kappa shape index (κ2) is 7.02. The van der Waals surface area contributed by atoms with Crippen LogP contribution in [0.4, 0.5) is 0 Å². The van der Waals surface area contributed by atoms with Crippen LogP contribution in [0.2, 0.25) is 10.0 Å². The van der Waals surface area contributed by atoms with Gasteiger partial charge in [-0.15, -0.1) is 0 Å². The summed E-state index contributed by atoms with van der Waals surface area (Å²) in [7, 11) is -2.91. The molecule has 2 heterocycles. The molecule has 0 bridgehead atoms. The van der Waals surface area contributed by atoms with Gasteiger partial charge in [0.25, 0.3) is 0 Å². The molecule has 3 rings (SSSR count). The Morgan fingerprint density at radius 3 is 2.76 bits per heavy atom. The summed E-state index contributed by atoms with van der Waals surface area (Å²) >= 11 is 12.5. The molecule has 1 aromatic carbocycles. The van der Waals surface area contributed by atoms with Gasteiger partial charge in [0.2, 0.25) is 0 Å². The lowest BCUT2D eigenvalue weighted by atomic mass is 10.2. The Labute approximate surface area is 157 Å². The molecule has 25 heavy (non-hydrogen) atoms. The summed E-state index contributed by atoms with van der Waals surface area (Å²) in [5, 5.41) is 5.24. The van der Waals surface area contributed by atoms with E-state index in [4.69, 9.17) is 23.2 Å². The standard InChI is InChI=1S/C17H19Cl2N3O2S/c1-11-8-13(9-20-21-14-6-7-25(23,24)10-14)12(2)22(11)16-5-3-4-15(18)17(16)19/h3-5,8-9,14,21H,6-7,10H2,1-2H3/b20-9-/t14-/m0/s1. The number of hydrogen-bond acceptors (Lipinski definition) is 4. The number of hydrazone groups is 1. The van der Waals surface area contributed by atoms with Crippen molar-refractivity contribution in [3.8, 4) is 5.69 Å². The number of hydrogen-bond donors (Lipinski definition) is 1. The van der Waals surface area contributed by atoms with Crippen LogP contribution in [0.15, 0.2) is 29.4 Å². The molecular formula is C17H19Cl2N3O2S. The zero-order valence-corrected chi connectivity index (χ0v) is 16.3. The number of nitrogens with zero attached hydrogens (tertiary/aromatic N) is 2. The first-order valence-electron chi connectivity index (χ1n) is 7.91. The van der Waals surface area contributed by atoms with E-state index in [2.05, 4.69) is 10.5 Å². The molecule has 1 N–H and O–H groups in total. The maximum Gasteiger partial charge on any atom is 0.152 e. The lowest BCUT2D eigenvalue weighted by molar-refractivity contribution is 0.578. The summed E-state index contributed by atoms with van der Waals surface area (Å²) in [4.78, 5) is 0. The van der Waals surface area contributed by atoms with Gasteiger partial charge in [0.1, 0.15) is 0 Å². The lowest BCUT2D eigenvalue weighted by Crippen LogP contribution is -2.25. The van der Waals surface area contributed by atoms with Gasteiger partial charge < -0.3 is 9.99 Å². The number of nitrogens with one attached hydrogen (secondary N) is 1. The van der Waals surface area contributed by atoms with Crippen LogP contribution in [0.25, 0.3) is 5.69 Å². The van der Waals surface area contributed by atoms with Gasteiger partial charge in [-0.05, 0) is 38.5 Å². The highest BCUT2D eigenvalue weighted by Crippen LogP contribution is 2.31. The highest BCUT2D eigenvalue weighted by atomic mass is 35.5. The molecule has 0 aliphatic carbocycles. The third-order valence-electron chi connectivity index (χ3n) is 4.34. The van der Waals surface area contributed by atoms with Crippen molar-refractivity contribution in [3.05, 3.63) is 51.3 Å². The SMILES string of the molecule is Cc1cc(/C=N\N[C@H]2CCS(=O)(=O)C2)c(C)n1-c1cccc(Cl)c1Cl.